The van der Waals surface area contributed by atoms with Crippen molar-refractivity contribution in [2.75, 3.05) is 9.80 Å². The number of rotatable bonds is 12. The molecule has 0 aliphatic carbocycles. The lowest BCUT2D eigenvalue weighted by Gasteiger charge is -2.30. The molecule has 86 heavy (non-hydrogen) atoms. The van der Waals surface area contributed by atoms with Crippen LogP contribution in [0.1, 0.15) is 5.56 Å². The van der Waals surface area contributed by atoms with E-state index in [2.05, 4.69) is 23.0 Å². The minimum absolute atomic E-state index is 0.0648. The van der Waals surface area contributed by atoms with Crippen molar-refractivity contribution in [3.63, 3.8) is 0 Å². The highest BCUT2D eigenvalue weighted by atomic mass is 19.1. The third-order valence-corrected chi connectivity index (χ3v) is 16.1. The van der Waals surface area contributed by atoms with Gasteiger partial charge < -0.3 is 9.80 Å². The topological polar surface area (TPSA) is 34.6 Å². The summed E-state index contributed by atoms with van der Waals surface area (Å²) in [4.78, 5) is 7.19. The van der Waals surface area contributed by atoms with Crippen molar-refractivity contribution in [1.82, 2.24) is 0 Å². The number of anilines is 6. The van der Waals surface area contributed by atoms with E-state index in [1.807, 2.05) is 194 Å². The molecule has 14 aromatic rings. The monoisotopic (exact) mass is 1110 g/mol. The predicted octanol–water partition coefficient (Wildman–Crippen LogP) is 22.5. The minimum Gasteiger partial charge on any atom is -0.307 e. The first-order chi connectivity index (χ1) is 42.2. The zero-order valence-corrected chi connectivity index (χ0v) is 45.9. The second-order valence-corrected chi connectivity index (χ2v) is 21.2. The fourth-order valence-corrected chi connectivity index (χ4v) is 12.0. The molecule has 0 saturated heterocycles. The Hall–Kier alpha value is -11.6. The van der Waals surface area contributed by atoms with E-state index in [-0.39, 0.29) is 22.5 Å². The van der Waals surface area contributed by atoms with E-state index in [1.54, 1.807) is 70.5 Å². The summed E-state index contributed by atoms with van der Waals surface area (Å²) in [7, 11) is 0. The SMILES string of the molecule is [C-]#[N+]c1ccc(N(c2cc(-c3cc(-c4ccccc4)cc(-c4ccccc4)c3)c(F)cc2F)c2ccc3ccc4c(N(c5ccc(C#N)cc5)c5cc(-c6cc(-c7ccccc7)cc(-c7ccccc7)c6)c(F)cc5F)ccc5ccc2c3c54)cc1. The second-order valence-electron chi connectivity index (χ2n) is 21.2. The molecule has 0 spiro atoms. The summed E-state index contributed by atoms with van der Waals surface area (Å²) in [5.41, 5.74) is 11.7. The lowest BCUT2D eigenvalue weighted by atomic mass is 9.91. The van der Waals surface area contributed by atoms with Crippen LogP contribution >= 0.6 is 0 Å². The van der Waals surface area contributed by atoms with E-state index < -0.39 is 23.3 Å². The van der Waals surface area contributed by atoms with Gasteiger partial charge >= 0.3 is 0 Å². The van der Waals surface area contributed by atoms with Gasteiger partial charge in [0.2, 0.25) is 0 Å². The largest absolute Gasteiger partial charge is 0.307 e. The smallest absolute Gasteiger partial charge is 0.187 e. The summed E-state index contributed by atoms with van der Waals surface area (Å²) in [5.74, 6) is -3.10. The van der Waals surface area contributed by atoms with E-state index in [1.165, 1.54) is 0 Å². The molecule has 406 valence electrons. The molecule has 0 unspecified atom stereocenters. The summed E-state index contributed by atoms with van der Waals surface area (Å²) in [6.07, 6.45) is 0. The molecule has 0 atom stereocenters. The zero-order valence-electron chi connectivity index (χ0n) is 45.9. The Kier molecular flexibility index (Phi) is 13.4. The summed E-state index contributed by atoms with van der Waals surface area (Å²) in [6.45, 7) is 7.80. The van der Waals surface area contributed by atoms with Gasteiger partial charge in [-0.1, -0.05) is 170 Å². The molecule has 0 aliphatic heterocycles. The van der Waals surface area contributed by atoms with E-state index in [0.29, 0.717) is 45.1 Å². The van der Waals surface area contributed by atoms with Crippen molar-refractivity contribution in [3.8, 4) is 72.8 Å². The molecule has 0 aliphatic rings. The Bertz CT molecular complexity index is 4550. The lowest BCUT2D eigenvalue weighted by molar-refractivity contribution is 0.586. The molecule has 0 N–H and O–H groups in total. The Morgan fingerprint density at radius 2 is 0.651 bits per heavy atom. The fraction of sp³-hybridized carbons (Fsp3) is 0. The van der Waals surface area contributed by atoms with E-state index in [9.17, 15) is 5.26 Å². The highest BCUT2D eigenvalue weighted by Crippen LogP contribution is 2.50. The van der Waals surface area contributed by atoms with Gasteiger partial charge in [0.05, 0.1) is 41.0 Å². The molecular formula is C78H46F4N4. The van der Waals surface area contributed by atoms with Gasteiger partial charge in [0.15, 0.2) is 5.69 Å². The summed E-state index contributed by atoms with van der Waals surface area (Å²) in [6, 6.07) is 87.9. The van der Waals surface area contributed by atoms with Crippen LogP contribution in [0, 0.1) is 41.2 Å². The second kappa shape index (κ2) is 22.0. The van der Waals surface area contributed by atoms with E-state index in [0.717, 1.165) is 89.0 Å². The minimum atomic E-state index is -0.810. The first-order valence-electron chi connectivity index (χ1n) is 28.0. The number of nitriles is 1. The maximum atomic E-state index is 17.3. The molecule has 0 aromatic heterocycles. The van der Waals surface area contributed by atoms with Crippen LogP contribution in [0.2, 0.25) is 0 Å². The normalized spacial score (nSPS) is 11.2. The number of halogens is 4. The summed E-state index contributed by atoms with van der Waals surface area (Å²) < 4.78 is 68.2. The van der Waals surface area contributed by atoms with Crippen LogP contribution in [-0.4, -0.2) is 0 Å². The van der Waals surface area contributed by atoms with Gasteiger partial charge in [-0.15, -0.1) is 0 Å². The highest BCUT2D eigenvalue weighted by molar-refractivity contribution is 6.28. The third-order valence-electron chi connectivity index (χ3n) is 16.1. The molecule has 0 saturated carbocycles. The number of benzene rings is 14. The van der Waals surface area contributed by atoms with Gasteiger partial charge in [-0.25, -0.2) is 22.4 Å². The van der Waals surface area contributed by atoms with Crippen LogP contribution in [0.5, 0.6) is 0 Å². The Labute approximate surface area is 494 Å². The summed E-state index contributed by atoms with van der Waals surface area (Å²) >= 11 is 0. The highest BCUT2D eigenvalue weighted by Gasteiger charge is 2.27. The van der Waals surface area contributed by atoms with Crippen LogP contribution in [0.3, 0.4) is 0 Å². The Morgan fingerprint density at radius 3 is 1.00 bits per heavy atom. The van der Waals surface area contributed by atoms with Crippen LogP contribution in [0.15, 0.2) is 279 Å². The van der Waals surface area contributed by atoms with Gasteiger partial charge in [-0.3, -0.25) is 0 Å². The van der Waals surface area contributed by atoms with Crippen molar-refractivity contribution in [3.05, 3.63) is 319 Å². The maximum absolute atomic E-state index is 17.3. The molecule has 14 aromatic carbocycles. The molecule has 0 radical (unpaired) electrons. The average molecular weight is 1120 g/mol. The number of hydrogen-bond donors (Lipinski definition) is 0. The molecular weight excluding hydrogens is 1070 g/mol. The fourth-order valence-electron chi connectivity index (χ4n) is 12.0. The van der Waals surface area contributed by atoms with Gasteiger partial charge in [-0.05, 0) is 174 Å². The van der Waals surface area contributed by atoms with Crippen LogP contribution in [0.4, 0.5) is 57.4 Å². The Balaban J connectivity index is 0.967. The average Bonchev–Trinajstić information content (AvgIpc) is 0.778. The molecule has 0 fully saturated rings. The number of nitrogens with zero attached hydrogens (tertiary/aromatic N) is 4. The molecule has 8 heteroatoms. The van der Waals surface area contributed by atoms with Crippen molar-refractivity contribution in [1.29, 1.82) is 5.26 Å². The Morgan fingerprint density at radius 1 is 0.314 bits per heavy atom. The zero-order chi connectivity index (χ0) is 58.4. The molecule has 14 rings (SSSR count). The molecule has 0 bridgehead atoms. The molecule has 0 amide bonds. The van der Waals surface area contributed by atoms with Crippen molar-refractivity contribution < 1.29 is 17.6 Å². The van der Waals surface area contributed by atoms with Crippen molar-refractivity contribution in [2.24, 2.45) is 0 Å². The number of hydrogen-bond acceptors (Lipinski definition) is 3. The van der Waals surface area contributed by atoms with E-state index >= 15 is 17.6 Å². The van der Waals surface area contributed by atoms with E-state index in [4.69, 9.17) is 6.57 Å². The van der Waals surface area contributed by atoms with Gasteiger partial charge in [-0.2, -0.15) is 5.26 Å². The van der Waals surface area contributed by atoms with Gasteiger partial charge in [0.1, 0.15) is 23.3 Å². The molecule has 4 nitrogen and oxygen atoms in total. The van der Waals surface area contributed by atoms with Crippen LogP contribution < -0.4 is 9.80 Å². The maximum Gasteiger partial charge on any atom is 0.187 e. The third kappa shape index (κ3) is 9.57. The van der Waals surface area contributed by atoms with Gasteiger partial charge in [0, 0.05) is 45.4 Å². The standard InChI is InChI=1S/C78H46F4N4/c1-84-62-28-32-64(33-29-62)86(76-45-68(70(80)47-72(76)82)61-42-58(52-18-10-4-11-19-52)39-59(43-61)53-20-12-5-13-21-53)74-37-27-55-24-34-65-73(36-26-54-25-35-66(74)78(55)77(54)65)85(63-30-22-49(48-83)23-31-63)75-44-67(69(79)46-71(75)81)60-40-56(50-14-6-2-7-15-50)38-57(41-60)51-16-8-3-9-17-51/h2-47H. The van der Waals surface area contributed by atoms with Crippen LogP contribution in [-0.2, 0) is 0 Å². The quantitative estimate of drug-likeness (QED) is 0.0695. The van der Waals surface area contributed by atoms with Crippen LogP contribution in [0.25, 0.3) is 104 Å². The lowest BCUT2D eigenvalue weighted by Crippen LogP contribution is -2.14. The first-order valence-corrected chi connectivity index (χ1v) is 28.0. The van der Waals surface area contributed by atoms with Gasteiger partial charge in [0.25, 0.3) is 0 Å². The first kappa shape index (κ1) is 52.5. The van der Waals surface area contributed by atoms with Crippen molar-refractivity contribution >= 4 is 72.1 Å². The predicted molar refractivity (Wildman–Crippen MR) is 343 cm³/mol. The van der Waals surface area contributed by atoms with Crippen molar-refractivity contribution in [2.45, 2.75) is 0 Å². The molecule has 0 heterocycles. The summed E-state index contributed by atoms with van der Waals surface area (Å²) in [5, 5.41) is 14.8.